The summed E-state index contributed by atoms with van der Waals surface area (Å²) < 4.78 is 0.944. The SMILES string of the molecule is CN1CCc2ccc(NC(=O)C3CC(N(C)C)CN3C(=O)Nc3ccc(Br)cc3)cc2CC1. The third-order valence-corrected chi connectivity index (χ3v) is 7.20. The van der Waals surface area contributed by atoms with E-state index in [1.54, 1.807) is 4.90 Å². The molecule has 0 bridgehead atoms. The zero-order valence-corrected chi connectivity index (χ0v) is 21.1. The number of anilines is 2. The molecule has 0 aromatic heterocycles. The number of carbonyl (C=O) groups is 2. The minimum Gasteiger partial charge on any atom is -0.324 e. The summed E-state index contributed by atoms with van der Waals surface area (Å²) in [7, 11) is 6.11. The molecule has 176 valence electrons. The lowest BCUT2D eigenvalue weighted by atomic mass is 10.0. The number of nitrogens with one attached hydrogen (secondary N) is 2. The zero-order chi connectivity index (χ0) is 23.5. The average molecular weight is 514 g/mol. The van der Waals surface area contributed by atoms with Crippen molar-refractivity contribution in [1.82, 2.24) is 14.7 Å². The minimum absolute atomic E-state index is 0.124. The van der Waals surface area contributed by atoms with E-state index in [1.165, 1.54) is 11.1 Å². The highest BCUT2D eigenvalue weighted by molar-refractivity contribution is 9.10. The van der Waals surface area contributed by atoms with Crippen LogP contribution < -0.4 is 10.6 Å². The molecular formula is C25H32BrN5O2. The summed E-state index contributed by atoms with van der Waals surface area (Å²) in [4.78, 5) is 32.5. The third-order valence-electron chi connectivity index (χ3n) is 6.67. The first-order valence-corrected chi connectivity index (χ1v) is 12.2. The standard InChI is InChI=1S/C25H32BrN5O2/c1-29(2)22-15-23(31(16-22)25(33)28-20-8-5-19(26)6-9-20)24(32)27-21-7-4-17-10-12-30(3)13-11-18(17)14-21/h4-9,14,22-23H,10-13,15-16H2,1-3H3,(H,27,32)(H,28,33). The molecule has 8 heteroatoms. The van der Waals surface area contributed by atoms with Gasteiger partial charge >= 0.3 is 6.03 Å². The zero-order valence-electron chi connectivity index (χ0n) is 19.5. The fourth-order valence-corrected chi connectivity index (χ4v) is 4.79. The van der Waals surface area contributed by atoms with E-state index >= 15 is 0 Å². The van der Waals surface area contributed by atoms with Crippen molar-refractivity contribution < 1.29 is 9.59 Å². The number of urea groups is 1. The number of hydrogen-bond acceptors (Lipinski definition) is 4. The van der Waals surface area contributed by atoms with E-state index < -0.39 is 6.04 Å². The van der Waals surface area contributed by atoms with Gasteiger partial charge in [-0.3, -0.25) is 4.79 Å². The lowest BCUT2D eigenvalue weighted by molar-refractivity contribution is -0.119. The average Bonchev–Trinajstić information content (AvgIpc) is 3.16. The first kappa shape index (κ1) is 23.7. The number of likely N-dealkylation sites (N-methyl/N-ethyl adjacent to an activating group) is 2. The molecule has 2 unspecified atom stereocenters. The van der Waals surface area contributed by atoms with Crippen LogP contribution in [0.5, 0.6) is 0 Å². The maximum atomic E-state index is 13.3. The number of halogens is 1. The molecule has 33 heavy (non-hydrogen) atoms. The van der Waals surface area contributed by atoms with Gasteiger partial charge in [-0.15, -0.1) is 0 Å². The number of hydrogen-bond donors (Lipinski definition) is 2. The van der Waals surface area contributed by atoms with Gasteiger partial charge in [-0.25, -0.2) is 4.79 Å². The molecule has 4 rings (SSSR count). The van der Waals surface area contributed by atoms with Crippen molar-refractivity contribution >= 4 is 39.2 Å². The quantitative estimate of drug-likeness (QED) is 0.654. The molecule has 0 radical (unpaired) electrons. The van der Waals surface area contributed by atoms with Gasteiger partial charge in [0.2, 0.25) is 5.91 Å². The number of nitrogens with zero attached hydrogens (tertiary/aromatic N) is 3. The van der Waals surface area contributed by atoms with Crippen LogP contribution in [-0.4, -0.2) is 79.5 Å². The molecule has 7 nitrogen and oxygen atoms in total. The molecule has 3 amide bonds. The van der Waals surface area contributed by atoms with Crippen LogP contribution in [0.15, 0.2) is 46.9 Å². The van der Waals surface area contributed by atoms with Crippen molar-refractivity contribution in [2.24, 2.45) is 0 Å². The predicted octanol–water partition coefficient (Wildman–Crippen LogP) is 3.65. The van der Waals surface area contributed by atoms with Crippen molar-refractivity contribution in [2.75, 3.05) is 51.4 Å². The van der Waals surface area contributed by atoms with Crippen LogP contribution in [0.4, 0.5) is 16.2 Å². The van der Waals surface area contributed by atoms with Crippen LogP contribution in [0.1, 0.15) is 17.5 Å². The summed E-state index contributed by atoms with van der Waals surface area (Å²) in [6.07, 6.45) is 2.60. The smallest absolute Gasteiger partial charge is 0.322 e. The molecular weight excluding hydrogens is 482 g/mol. The van der Waals surface area contributed by atoms with E-state index in [2.05, 4.69) is 55.5 Å². The molecule has 2 atom stereocenters. The summed E-state index contributed by atoms with van der Waals surface area (Å²) >= 11 is 3.41. The van der Waals surface area contributed by atoms with Crippen LogP contribution in [0.3, 0.4) is 0 Å². The van der Waals surface area contributed by atoms with E-state index in [0.717, 1.165) is 36.1 Å². The Labute approximate surface area is 204 Å². The Hall–Kier alpha value is -2.42. The second-order valence-corrected chi connectivity index (χ2v) is 10.2. The summed E-state index contributed by atoms with van der Waals surface area (Å²) in [6, 6.07) is 13.0. The van der Waals surface area contributed by atoms with Gasteiger partial charge in [0, 0.05) is 41.5 Å². The number of rotatable bonds is 4. The molecule has 1 fully saturated rings. The molecule has 2 aliphatic rings. The number of benzene rings is 2. The second-order valence-electron chi connectivity index (χ2n) is 9.23. The first-order valence-electron chi connectivity index (χ1n) is 11.4. The molecule has 2 aromatic carbocycles. The molecule has 2 heterocycles. The number of likely N-dealkylation sites (tertiary alicyclic amines) is 1. The second kappa shape index (κ2) is 10.2. The third kappa shape index (κ3) is 5.75. The largest absolute Gasteiger partial charge is 0.324 e. The van der Waals surface area contributed by atoms with Crippen LogP contribution >= 0.6 is 15.9 Å². The lowest BCUT2D eigenvalue weighted by Crippen LogP contribution is -2.45. The van der Waals surface area contributed by atoms with E-state index in [1.807, 2.05) is 44.4 Å². The highest BCUT2D eigenvalue weighted by atomic mass is 79.9. The van der Waals surface area contributed by atoms with Crippen molar-refractivity contribution in [3.63, 3.8) is 0 Å². The van der Waals surface area contributed by atoms with E-state index in [-0.39, 0.29) is 18.0 Å². The van der Waals surface area contributed by atoms with Gasteiger partial charge < -0.3 is 25.3 Å². The first-order chi connectivity index (χ1) is 15.8. The van der Waals surface area contributed by atoms with Crippen molar-refractivity contribution in [3.8, 4) is 0 Å². The maximum Gasteiger partial charge on any atom is 0.322 e. The topological polar surface area (TPSA) is 67.9 Å². The van der Waals surface area contributed by atoms with Gasteiger partial charge in [-0.2, -0.15) is 0 Å². The normalized spacial score (nSPS) is 20.9. The van der Waals surface area contributed by atoms with Gasteiger partial charge in [-0.1, -0.05) is 22.0 Å². The number of carbonyl (C=O) groups excluding carboxylic acids is 2. The van der Waals surface area contributed by atoms with Crippen molar-refractivity contribution in [1.29, 1.82) is 0 Å². The Kier molecular flexibility index (Phi) is 7.36. The highest BCUT2D eigenvalue weighted by Crippen LogP contribution is 2.25. The van der Waals surface area contributed by atoms with Gasteiger partial charge in [0.15, 0.2) is 0 Å². The van der Waals surface area contributed by atoms with Crippen LogP contribution in [0, 0.1) is 0 Å². The Morgan fingerprint density at radius 2 is 1.64 bits per heavy atom. The maximum absolute atomic E-state index is 13.3. The molecule has 0 saturated carbocycles. The van der Waals surface area contributed by atoms with Crippen LogP contribution in [-0.2, 0) is 17.6 Å². The molecule has 2 N–H and O–H groups in total. The molecule has 2 aliphatic heterocycles. The summed E-state index contributed by atoms with van der Waals surface area (Å²) in [5.74, 6) is -0.143. The van der Waals surface area contributed by atoms with E-state index in [9.17, 15) is 9.59 Å². The molecule has 0 aliphatic carbocycles. The summed E-state index contributed by atoms with van der Waals surface area (Å²) in [6.45, 7) is 2.57. The lowest BCUT2D eigenvalue weighted by Gasteiger charge is -2.24. The number of fused-ring (bicyclic) bond motifs is 1. The van der Waals surface area contributed by atoms with Gasteiger partial charge in [0.1, 0.15) is 6.04 Å². The predicted molar refractivity (Wildman–Crippen MR) is 136 cm³/mol. The van der Waals surface area contributed by atoms with E-state index in [0.29, 0.717) is 18.7 Å². The monoisotopic (exact) mass is 513 g/mol. The fraction of sp³-hybridized carbons (Fsp3) is 0.440. The molecule has 1 saturated heterocycles. The van der Waals surface area contributed by atoms with Gasteiger partial charge in [-0.05, 0) is 87.9 Å². The van der Waals surface area contributed by atoms with Gasteiger partial charge in [0.05, 0.1) is 0 Å². The summed E-state index contributed by atoms with van der Waals surface area (Å²) in [5.41, 5.74) is 4.14. The van der Waals surface area contributed by atoms with Crippen LogP contribution in [0.2, 0.25) is 0 Å². The van der Waals surface area contributed by atoms with Crippen molar-refractivity contribution in [3.05, 3.63) is 58.1 Å². The Morgan fingerprint density at radius 1 is 0.970 bits per heavy atom. The Morgan fingerprint density at radius 3 is 2.33 bits per heavy atom. The summed E-state index contributed by atoms with van der Waals surface area (Å²) in [5, 5.41) is 6.02. The van der Waals surface area contributed by atoms with Crippen molar-refractivity contribution in [2.45, 2.75) is 31.3 Å². The minimum atomic E-state index is -0.530. The fourth-order valence-electron chi connectivity index (χ4n) is 4.53. The van der Waals surface area contributed by atoms with Crippen LogP contribution in [0.25, 0.3) is 0 Å². The number of amides is 3. The highest BCUT2D eigenvalue weighted by Gasteiger charge is 2.40. The van der Waals surface area contributed by atoms with Gasteiger partial charge in [0.25, 0.3) is 0 Å². The molecule has 2 aromatic rings. The Bertz CT molecular complexity index is 1010. The Balaban J connectivity index is 1.48. The molecule has 0 spiro atoms. The van der Waals surface area contributed by atoms with E-state index in [4.69, 9.17) is 0 Å².